The van der Waals surface area contributed by atoms with E-state index in [9.17, 15) is 9.59 Å². The zero-order valence-corrected chi connectivity index (χ0v) is 15.8. The van der Waals surface area contributed by atoms with Crippen molar-refractivity contribution in [2.45, 2.75) is 40.2 Å². The number of nitrogens with one attached hydrogen (secondary N) is 3. The molecular weight excluding hydrogens is 316 g/mol. The normalized spacial score (nSPS) is 17.2. The van der Waals surface area contributed by atoms with E-state index in [1.807, 2.05) is 25.1 Å². The van der Waals surface area contributed by atoms with Gasteiger partial charge in [-0.2, -0.15) is 0 Å². The summed E-state index contributed by atoms with van der Waals surface area (Å²) in [6, 6.07) is 5.69. The van der Waals surface area contributed by atoms with Crippen molar-refractivity contribution in [2.75, 3.05) is 37.6 Å². The average Bonchev–Trinajstić information content (AvgIpc) is 2.94. The molecule has 138 valence electrons. The lowest BCUT2D eigenvalue weighted by Gasteiger charge is -2.19. The van der Waals surface area contributed by atoms with E-state index in [0.29, 0.717) is 19.5 Å². The predicted octanol–water partition coefficient (Wildman–Crippen LogP) is 0.633. The van der Waals surface area contributed by atoms with E-state index in [1.165, 1.54) is 16.0 Å². The molecule has 1 fully saturated rings. The quantitative estimate of drug-likeness (QED) is 0.677. The number of amides is 3. The number of hydrogen-bond donors (Lipinski definition) is 3. The van der Waals surface area contributed by atoms with Crippen molar-refractivity contribution in [2.24, 2.45) is 0 Å². The number of hydrogen-bond acceptors (Lipinski definition) is 2. The molecule has 0 unspecified atom stereocenters. The van der Waals surface area contributed by atoms with E-state index in [-0.39, 0.29) is 18.0 Å². The summed E-state index contributed by atoms with van der Waals surface area (Å²) in [6.07, 6.45) is 0.349. The van der Waals surface area contributed by atoms with Gasteiger partial charge in [0.1, 0.15) is 0 Å². The maximum Gasteiger partial charge on any atom is 0.315 e. The Morgan fingerprint density at radius 1 is 1.24 bits per heavy atom. The highest BCUT2D eigenvalue weighted by atomic mass is 16.2. The number of benzene rings is 1. The summed E-state index contributed by atoms with van der Waals surface area (Å²) in [5, 5.41) is 5.82. The summed E-state index contributed by atoms with van der Waals surface area (Å²) >= 11 is 0. The van der Waals surface area contributed by atoms with Gasteiger partial charge in [-0.15, -0.1) is 0 Å². The van der Waals surface area contributed by atoms with E-state index in [0.717, 1.165) is 25.3 Å². The molecule has 0 aromatic heterocycles. The average molecular weight is 347 g/mol. The molecule has 25 heavy (non-hydrogen) atoms. The minimum atomic E-state index is -0.189. The summed E-state index contributed by atoms with van der Waals surface area (Å²) in [5.74, 6) is 0.0566. The Balaban J connectivity index is 1.83. The zero-order chi connectivity index (χ0) is 18.4. The first-order chi connectivity index (χ1) is 11.9. The maximum atomic E-state index is 12.3. The van der Waals surface area contributed by atoms with Crippen molar-refractivity contribution in [3.05, 3.63) is 29.3 Å². The Morgan fingerprint density at radius 2 is 1.96 bits per heavy atom. The molecule has 0 radical (unpaired) electrons. The SMILES string of the molecule is CC[NH+](CC)CCNC(=O)N[C@H]1CC(=O)N(c2ccc(C)c(C)c2)C1. The largest absolute Gasteiger partial charge is 0.334 e. The fourth-order valence-electron chi connectivity index (χ4n) is 3.14. The van der Waals surface area contributed by atoms with Crippen molar-refractivity contribution in [3.63, 3.8) is 0 Å². The van der Waals surface area contributed by atoms with Crippen LogP contribution in [0.2, 0.25) is 0 Å². The predicted molar refractivity (Wildman–Crippen MR) is 100 cm³/mol. The van der Waals surface area contributed by atoms with Crippen molar-refractivity contribution < 1.29 is 14.5 Å². The highest BCUT2D eigenvalue weighted by Crippen LogP contribution is 2.23. The van der Waals surface area contributed by atoms with Gasteiger partial charge in [-0.25, -0.2) is 4.79 Å². The third-order valence-corrected chi connectivity index (χ3v) is 5.03. The van der Waals surface area contributed by atoms with E-state index in [2.05, 4.69) is 31.4 Å². The maximum absolute atomic E-state index is 12.3. The molecule has 1 aromatic carbocycles. The van der Waals surface area contributed by atoms with Crippen molar-refractivity contribution in [3.8, 4) is 0 Å². The zero-order valence-electron chi connectivity index (χ0n) is 15.8. The first kappa shape index (κ1) is 19.2. The van der Waals surface area contributed by atoms with Crippen LogP contribution < -0.4 is 20.4 Å². The van der Waals surface area contributed by atoms with Gasteiger partial charge in [-0.3, -0.25) is 4.79 Å². The van der Waals surface area contributed by atoms with Gasteiger partial charge in [0, 0.05) is 18.7 Å². The Kier molecular flexibility index (Phi) is 6.82. The molecule has 1 aliphatic rings. The van der Waals surface area contributed by atoms with Crippen LogP contribution in [0.5, 0.6) is 0 Å². The van der Waals surface area contributed by atoms with Crippen LogP contribution >= 0.6 is 0 Å². The monoisotopic (exact) mass is 347 g/mol. The fourth-order valence-corrected chi connectivity index (χ4v) is 3.14. The van der Waals surface area contributed by atoms with Gasteiger partial charge in [-0.05, 0) is 51.0 Å². The molecule has 0 bridgehead atoms. The molecule has 6 heteroatoms. The third kappa shape index (κ3) is 5.19. The molecule has 2 rings (SSSR count). The first-order valence-electron chi connectivity index (χ1n) is 9.20. The molecule has 0 saturated carbocycles. The van der Waals surface area contributed by atoms with Crippen molar-refractivity contribution in [1.82, 2.24) is 10.6 Å². The van der Waals surface area contributed by atoms with E-state index < -0.39 is 0 Å². The molecule has 0 spiro atoms. The second-order valence-electron chi connectivity index (χ2n) is 6.78. The number of rotatable bonds is 7. The first-order valence-corrected chi connectivity index (χ1v) is 9.20. The molecule has 1 atom stereocenters. The molecule has 1 saturated heterocycles. The van der Waals surface area contributed by atoms with Crippen LogP contribution in [0.3, 0.4) is 0 Å². The van der Waals surface area contributed by atoms with Crippen LogP contribution in [0.15, 0.2) is 18.2 Å². The molecule has 1 heterocycles. The number of carbonyl (C=O) groups is 2. The standard InChI is InChI=1S/C19H30N4O2/c1-5-22(6-2)10-9-20-19(25)21-16-12-18(24)23(13-16)17-8-7-14(3)15(4)11-17/h7-8,11,16H,5-6,9-10,12-13H2,1-4H3,(H2,20,21,25)/p+1/t16-/m0/s1. The Hall–Kier alpha value is -2.08. The Bertz CT molecular complexity index is 613. The number of quaternary nitrogens is 1. The molecule has 3 amide bonds. The minimum Gasteiger partial charge on any atom is -0.334 e. The third-order valence-electron chi connectivity index (χ3n) is 5.03. The molecule has 0 aliphatic carbocycles. The van der Waals surface area contributed by atoms with Crippen molar-refractivity contribution in [1.29, 1.82) is 0 Å². The molecule has 3 N–H and O–H groups in total. The lowest BCUT2D eigenvalue weighted by molar-refractivity contribution is -0.895. The summed E-state index contributed by atoms with van der Waals surface area (Å²) < 4.78 is 0. The summed E-state index contributed by atoms with van der Waals surface area (Å²) in [6.45, 7) is 12.6. The van der Waals surface area contributed by atoms with Crippen LogP contribution in [0, 0.1) is 13.8 Å². The number of carbonyl (C=O) groups excluding carboxylic acids is 2. The number of urea groups is 1. The molecular formula is C19H31N4O2+. The second-order valence-corrected chi connectivity index (χ2v) is 6.78. The highest BCUT2D eigenvalue weighted by molar-refractivity contribution is 5.96. The van der Waals surface area contributed by atoms with E-state index >= 15 is 0 Å². The van der Waals surface area contributed by atoms with Crippen molar-refractivity contribution >= 4 is 17.6 Å². The topological polar surface area (TPSA) is 65.9 Å². The molecule has 6 nitrogen and oxygen atoms in total. The highest BCUT2D eigenvalue weighted by Gasteiger charge is 2.31. The van der Waals surface area contributed by atoms with Gasteiger partial charge >= 0.3 is 6.03 Å². The second kappa shape index (κ2) is 8.85. The van der Waals surface area contributed by atoms with Crippen LogP contribution in [-0.2, 0) is 4.79 Å². The lowest BCUT2D eigenvalue weighted by atomic mass is 10.1. The number of nitrogens with zero attached hydrogens (tertiary/aromatic N) is 1. The van der Waals surface area contributed by atoms with Crippen LogP contribution in [-0.4, -0.2) is 50.7 Å². The van der Waals surface area contributed by atoms with Crippen LogP contribution in [0.4, 0.5) is 10.5 Å². The fraction of sp³-hybridized carbons (Fsp3) is 0.579. The van der Waals surface area contributed by atoms with Gasteiger partial charge in [0.2, 0.25) is 5.91 Å². The van der Waals surface area contributed by atoms with Crippen LogP contribution in [0.25, 0.3) is 0 Å². The van der Waals surface area contributed by atoms with E-state index in [1.54, 1.807) is 4.90 Å². The lowest BCUT2D eigenvalue weighted by Crippen LogP contribution is -3.12. The Morgan fingerprint density at radius 3 is 2.60 bits per heavy atom. The summed E-state index contributed by atoms with van der Waals surface area (Å²) in [4.78, 5) is 27.6. The number of aryl methyl sites for hydroxylation is 2. The van der Waals surface area contributed by atoms with Gasteiger partial charge in [-0.1, -0.05) is 6.07 Å². The number of likely N-dealkylation sites (N-methyl/N-ethyl adjacent to an activating group) is 1. The van der Waals surface area contributed by atoms with Gasteiger partial charge in [0.15, 0.2) is 0 Å². The minimum absolute atomic E-state index is 0.0566. The van der Waals surface area contributed by atoms with E-state index in [4.69, 9.17) is 0 Å². The van der Waals surface area contributed by atoms with Gasteiger partial charge in [0.05, 0.1) is 32.2 Å². The Labute approximate surface area is 150 Å². The smallest absolute Gasteiger partial charge is 0.315 e. The summed E-state index contributed by atoms with van der Waals surface area (Å²) in [5.41, 5.74) is 3.28. The number of anilines is 1. The van der Waals surface area contributed by atoms with Crippen LogP contribution in [0.1, 0.15) is 31.4 Å². The molecule has 1 aromatic rings. The molecule has 1 aliphatic heterocycles. The summed E-state index contributed by atoms with van der Waals surface area (Å²) in [7, 11) is 0. The van der Waals surface area contributed by atoms with Gasteiger partial charge in [0.25, 0.3) is 0 Å². The van der Waals surface area contributed by atoms with Gasteiger partial charge < -0.3 is 20.4 Å².